The molecule has 3 nitrogen and oxygen atoms in total. The van der Waals surface area contributed by atoms with Gasteiger partial charge in [-0.25, -0.2) is 4.98 Å². The van der Waals surface area contributed by atoms with Crippen LogP contribution in [0, 0.1) is 6.92 Å². The minimum absolute atomic E-state index is 0.738. The topological polar surface area (TPSA) is 38.7 Å². The summed E-state index contributed by atoms with van der Waals surface area (Å²) in [5, 5.41) is 0. The molecule has 2 aromatic heterocycles. The highest BCUT2D eigenvalue weighted by Gasteiger charge is 2.06. The van der Waals surface area contributed by atoms with Crippen LogP contribution in [0.15, 0.2) is 22.4 Å². The molecular weight excluding hydrogens is 250 g/mol. The summed E-state index contributed by atoms with van der Waals surface area (Å²) in [4.78, 5) is 8.27. The minimum Gasteiger partial charge on any atom is -0.264 e. The highest BCUT2D eigenvalue weighted by Crippen LogP contribution is 2.22. The fourth-order valence-electron chi connectivity index (χ4n) is 1.01. The van der Waals surface area contributed by atoms with E-state index in [2.05, 4.69) is 30.3 Å². The lowest BCUT2D eigenvalue weighted by molar-refractivity contribution is 1.23. The van der Waals surface area contributed by atoms with Crippen LogP contribution in [0.1, 0.15) is 5.56 Å². The maximum absolute atomic E-state index is 4.23. The molecule has 2 heterocycles. The summed E-state index contributed by atoms with van der Waals surface area (Å²) in [6, 6.07) is 1.95. The van der Waals surface area contributed by atoms with Crippen molar-refractivity contribution in [3.05, 3.63) is 27.9 Å². The van der Waals surface area contributed by atoms with Crippen LogP contribution in [0.25, 0.3) is 11.4 Å². The second kappa shape index (κ2) is 3.51. The number of halogens is 1. The highest BCUT2D eigenvalue weighted by molar-refractivity contribution is 9.11. The summed E-state index contributed by atoms with van der Waals surface area (Å²) in [5.74, 6) is 0.738. The van der Waals surface area contributed by atoms with Crippen LogP contribution in [0.5, 0.6) is 0 Å². The number of aromatic nitrogens is 3. The monoisotopic (exact) mass is 255 g/mol. The van der Waals surface area contributed by atoms with E-state index in [1.807, 2.05) is 13.0 Å². The van der Waals surface area contributed by atoms with E-state index >= 15 is 0 Å². The largest absolute Gasteiger partial charge is 0.264 e. The fourth-order valence-corrected chi connectivity index (χ4v) is 1.83. The zero-order chi connectivity index (χ0) is 9.26. The molecule has 0 N–H and O–H groups in total. The van der Waals surface area contributed by atoms with E-state index in [1.165, 1.54) is 11.5 Å². The highest BCUT2D eigenvalue weighted by atomic mass is 79.9. The van der Waals surface area contributed by atoms with Gasteiger partial charge in [0.15, 0.2) is 9.74 Å². The van der Waals surface area contributed by atoms with Crippen molar-refractivity contribution in [3.63, 3.8) is 0 Å². The number of aryl methyl sites for hydroxylation is 1. The first kappa shape index (κ1) is 8.77. The van der Waals surface area contributed by atoms with E-state index < -0.39 is 0 Å². The van der Waals surface area contributed by atoms with Crippen LogP contribution in [-0.4, -0.2) is 14.3 Å². The van der Waals surface area contributed by atoms with Gasteiger partial charge < -0.3 is 0 Å². The van der Waals surface area contributed by atoms with E-state index in [0.29, 0.717) is 0 Å². The first-order valence-corrected chi connectivity index (χ1v) is 5.24. The van der Waals surface area contributed by atoms with Gasteiger partial charge in [-0.1, -0.05) is 0 Å². The van der Waals surface area contributed by atoms with Crippen molar-refractivity contribution in [2.24, 2.45) is 0 Å². The zero-order valence-electron chi connectivity index (χ0n) is 6.86. The maximum atomic E-state index is 4.23. The molecular formula is C8H6BrN3S. The molecule has 0 spiro atoms. The molecule has 5 heteroatoms. The van der Waals surface area contributed by atoms with Gasteiger partial charge >= 0.3 is 0 Å². The molecule has 0 unspecified atom stereocenters. The van der Waals surface area contributed by atoms with E-state index in [-0.39, 0.29) is 0 Å². The summed E-state index contributed by atoms with van der Waals surface area (Å²) in [6.45, 7) is 2.02. The van der Waals surface area contributed by atoms with Crippen LogP contribution in [0.4, 0.5) is 0 Å². The Morgan fingerprint density at radius 2 is 2.31 bits per heavy atom. The Morgan fingerprint density at radius 3 is 2.92 bits per heavy atom. The third-order valence-corrected chi connectivity index (χ3v) is 2.80. The molecule has 0 saturated heterocycles. The molecule has 0 aliphatic heterocycles. The van der Waals surface area contributed by atoms with Gasteiger partial charge in [0.25, 0.3) is 0 Å². The molecule has 0 atom stereocenters. The quantitative estimate of drug-likeness (QED) is 0.787. The Labute approximate surface area is 88.2 Å². The van der Waals surface area contributed by atoms with Gasteiger partial charge in [-0.05, 0) is 46.0 Å². The predicted octanol–water partition coefficient (Wildman–Crippen LogP) is 2.67. The van der Waals surface area contributed by atoms with Crippen molar-refractivity contribution in [2.75, 3.05) is 0 Å². The van der Waals surface area contributed by atoms with Gasteiger partial charge in [0, 0.05) is 18.0 Å². The molecule has 13 heavy (non-hydrogen) atoms. The third-order valence-electron chi connectivity index (χ3n) is 1.68. The zero-order valence-corrected chi connectivity index (χ0v) is 9.26. The summed E-state index contributed by atoms with van der Waals surface area (Å²) in [7, 11) is 0. The molecule has 0 aromatic carbocycles. The fraction of sp³-hybridized carbons (Fsp3) is 0.125. The van der Waals surface area contributed by atoms with Gasteiger partial charge in [-0.3, -0.25) is 4.98 Å². The first-order chi connectivity index (χ1) is 6.27. The van der Waals surface area contributed by atoms with Gasteiger partial charge in [0.05, 0.1) is 0 Å². The lowest BCUT2D eigenvalue weighted by Gasteiger charge is -1.97. The normalized spacial score (nSPS) is 10.3. The number of nitrogens with zero attached hydrogens (tertiary/aromatic N) is 3. The van der Waals surface area contributed by atoms with Crippen molar-refractivity contribution < 1.29 is 0 Å². The Hall–Kier alpha value is -0.810. The summed E-state index contributed by atoms with van der Waals surface area (Å²) in [6.07, 6.45) is 3.55. The standard InChI is InChI=1S/C8H6BrN3S/c1-5-2-3-10-4-6(5)7-11-8(9)13-12-7/h2-4H,1H3. The number of pyridine rings is 1. The van der Waals surface area contributed by atoms with Gasteiger partial charge in [-0.15, -0.1) is 0 Å². The molecule has 0 radical (unpaired) electrons. The van der Waals surface area contributed by atoms with Crippen LogP contribution >= 0.6 is 27.5 Å². The summed E-state index contributed by atoms with van der Waals surface area (Å²) < 4.78 is 4.99. The average molecular weight is 256 g/mol. The molecule has 0 aliphatic carbocycles. The molecule has 0 fully saturated rings. The smallest absolute Gasteiger partial charge is 0.179 e. The Morgan fingerprint density at radius 1 is 1.46 bits per heavy atom. The molecule has 66 valence electrons. The van der Waals surface area contributed by atoms with Crippen molar-refractivity contribution >= 4 is 27.5 Å². The summed E-state index contributed by atoms with van der Waals surface area (Å²) >= 11 is 4.61. The van der Waals surface area contributed by atoms with Crippen molar-refractivity contribution in [1.82, 2.24) is 14.3 Å². The van der Waals surface area contributed by atoms with E-state index in [4.69, 9.17) is 0 Å². The van der Waals surface area contributed by atoms with E-state index in [9.17, 15) is 0 Å². The van der Waals surface area contributed by atoms with Gasteiger partial charge in [0.1, 0.15) is 0 Å². The van der Waals surface area contributed by atoms with Gasteiger partial charge in [-0.2, -0.15) is 4.37 Å². The Kier molecular flexibility index (Phi) is 2.37. The number of rotatable bonds is 1. The second-order valence-electron chi connectivity index (χ2n) is 2.56. The number of hydrogen-bond donors (Lipinski definition) is 0. The maximum Gasteiger partial charge on any atom is 0.179 e. The lowest BCUT2D eigenvalue weighted by atomic mass is 10.1. The minimum atomic E-state index is 0.738. The van der Waals surface area contributed by atoms with Crippen LogP contribution in [0.2, 0.25) is 0 Å². The molecule has 0 saturated carbocycles. The Bertz CT molecular complexity index is 427. The van der Waals surface area contributed by atoms with Crippen molar-refractivity contribution in [2.45, 2.75) is 6.92 Å². The molecule has 2 rings (SSSR count). The predicted molar refractivity (Wildman–Crippen MR) is 55.6 cm³/mol. The summed E-state index contributed by atoms with van der Waals surface area (Å²) in [5.41, 5.74) is 2.13. The molecule has 0 bridgehead atoms. The second-order valence-corrected chi connectivity index (χ2v) is 4.59. The van der Waals surface area contributed by atoms with E-state index in [0.717, 1.165) is 20.9 Å². The van der Waals surface area contributed by atoms with Crippen LogP contribution in [0.3, 0.4) is 0 Å². The third kappa shape index (κ3) is 1.76. The van der Waals surface area contributed by atoms with Crippen LogP contribution < -0.4 is 0 Å². The molecule has 0 amide bonds. The molecule has 2 aromatic rings. The molecule has 0 aliphatic rings. The van der Waals surface area contributed by atoms with E-state index in [1.54, 1.807) is 12.4 Å². The van der Waals surface area contributed by atoms with Crippen LogP contribution in [-0.2, 0) is 0 Å². The first-order valence-electron chi connectivity index (χ1n) is 3.67. The Balaban J connectivity index is 2.52. The van der Waals surface area contributed by atoms with Gasteiger partial charge in [0.2, 0.25) is 0 Å². The SMILES string of the molecule is Cc1ccncc1-c1nsc(Br)n1. The number of hydrogen-bond acceptors (Lipinski definition) is 4. The lowest BCUT2D eigenvalue weighted by Crippen LogP contribution is -1.85. The van der Waals surface area contributed by atoms with Crippen molar-refractivity contribution in [3.8, 4) is 11.4 Å². The van der Waals surface area contributed by atoms with Crippen molar-refractivity contribution in [1.29, 1.82) is 0 Å². The average Bonchev–Trinajstić information content (AvgIpc) is 2.53.